The number of pyridine rings is 1. The smallest absolute Gasteiger partial charge is 0.313 e. The van der Waals surface area contributed by atoms with E-state index in [1.165, 1.54) is 11.1 Å². The fourth-order valence-electron chi connectivity index (χ4n) is 5.72. The molecule has 3 heterocycles. The number of aryl methyl sites for hydroxylation is 1. The lowest BCUT2D eigenvalue weighted by Crippen LogP contribution is -2.39. The Balaban J connectivity index is 1.52. The van der Waals surface area contributed by atoms with Gasteiger partial charge in [0.25, 0.3) is 0 Å². The number of fused-ring (bicyclic) bond motifs is 2. The number of hydrogen-bond acceptors (Lipinski definition) is 4. The zero-order valence-corrected chi connectivity index (χ0v) is 22.8. The standard InChI is InChI=1S/C29H40N6O/c1-17(2)22-13-26-25(12-23(22)24-14-34-27(31-16-32-34)19(4)18(24)3)33-28(36)35(26)21-10-8-20(9-11-21)30-15-29(5,6)7/h12-14,16-17,20-21,30H,8-11,15H2,1-7H3,(H,33,36)/t20-,21+. The van der Waals surface area contributed by atoms with Crippen LogP contribution < -0.4 is 11.0 Å². The van der Waals surface area contributed by atoms with Gasteiger partial charge in [-0.3, -0.25) is 4.57 Å². The predicted molar refractivity (Wildman–Crippen MR) is 147 cm³/mol. The number of hydrogen-bond donors (Lipinski definition) is 2. The Bertz CT molecular complexity index is 1460. The Morgan fingerprint density at radius 2 is 1.81 bits per heavy atom. The van der Waals surface area contributed by atoms with Gasteiger partial charge in [-0.15, -0.1) is 0 Å². The summed E-state index contributed by atoms with van der Waals surface area (Å²) < 4.78 is 3.88. The molecule has 0 aliphatic heterocycles. The van der Waals surface area contributed by atoms with Crippen LogP contribution in [0.4, 0.5) is 0 Å². The SMILES string of the molecule is Cc1c(-c2cc3[nH]c(=O)n([C@H]4CC[C@@H](NCC(C)(C)C)CC4)c3cc2C(C)C)cn2ncnc2c1C. The third-order valence-corrected chi connectivity index (χ3v) is 7.91. The van der Waals surface area contributed by atoms with Crippen LogP contribution in [-0.2, 0) is 0 Å². The van der Waals surface area contributed by atoms with E-state index in [2.05, 4.69) is 87.2 Å². The topological polar surface area (TPSA) is 80.0 Å². The van der Waals surface area contributed by atoms with Gasteiger partial charge in [0.2, 0.25) is 0 Å². The molecular formula is C29H40N6O. The molecule has 0 spiro atoms. The monoisotopic (exact) mass is 488 g/mol. The summed E-state index contributed by atoms with van der Waals surface area (Å²) in [6.45, 7) is 16.5. The van der Waals surface area contributed by atoms with Gasteiger partial charge >= 0.3 is 5.69 Å². The van der Waals surface area contributed by atoms with E-state index in [-0.39, 0.29) is 17.1 Å². The summed E-state index contributed by atoms with van der Waals surface area (Å²) in [5.74, 6) is 0.311. The van der Waals surface area contributed by atoms with E-state index < -0.39 is 0 Å². The van der Waals surface area contributed by atoms with Crippen LogP contribution in [0.15, 0.2) is 29.5 Å². The van der Waals surface area contributed by atoms with E-state index in [9.17, 15) is 4.79 Å². The molecule has 192 valence electrons. The Labute approximate surface area is 213 Å². The molecule has 1 saturated carbocycles. The summed E-state index contributed by atoms with van der Waals surface area (Å²) in [7, 11) is 0. The molecule has 7 heteroatoms. The van der Waals surface area contributed by atoms with Crippen LogP contribution in [0.3, 0.4) is 0 Å². The quantitative estimate of drug-likeness (QED) is 0.367. The zero-order chi connectivity index (χ0) is 25.8. The maximum Gasteiger partial charge on any atom is 0.326 e. The normalized spacial score (nSPS) is 19.1. The molecule has 0 amide bonds. The van der Waals surface area contributed by atoms with Crippen molar-refractivity contribution >= 4 is 16.7 Å². The second-order valence-corrected chi connectivity index (χ2v) is 12.2. The van der Waals surface area contributed by atoms with Gasteiger partial charge in [0, 0.05) is 30.4 Å². The highest BCUT2D eigenvalue weighted by atomic mass is 16.1. The number of imidazole rings is 1. The third-order valence-electron chi connectivity index (χ3n) is 7.91. The van der Waals surface area contributed by atoms with Gasteiger partial charge in [0.05, 0.1) is 11.0 Å². The van der Waals surface area contributed by atoms with Gasteiger partial charge < -0.3 is 10.3 Å². The van der Waals surface area contributed by atoms with E-state index in [0.717, 1.165) is 65.6 Å². The lowest BCUT2D eigenvalue weighted by atomic mass is 9.88. The van der Waals surface area contributed by atoms with Crippen LogP contribution in [0.1, 0.15) is 89.0 Å². The summed E-state index contributed by atoms with van der Waals surface area (Å²) in [5.41, 5.74) is 8.95. The van der Waals surface area contributed by atoms with Crippen molar-refractivity contribution in [3.63, 3.8) is 0 Å². The van der Waals surface area contributed by atoms with Crippen LogP contribution in [0.5, 0.6) is 0 Å². The average molecular weight is 489 g/mol. The third kappa shape index (κ3) is 4.49. The fourth-order valence-corrected chi connectivity index (χ4v) is 5.72. The first kappa shape index (κ1) is 24.8. The highest BCUT2D eigenvalue weighted by Gasteiger charge is 2.27. The minimum atomic E-state index is 0.00240. The van der Waals surface area contributed by atoms with Crippen molar-refractivity contribution in [2.75, 3.05) is 6.54 Å². The average Bonchev–Trinajstić information content (AvgIpc) is 3.42. The Hall–Kier alpha value is -2.93. The molecular weight excluding hydrogens is 448 g/mol. The lowest BCUT2D eigenvalue weighted by Gasteiger charge is -2.32. The predicted octanol–water partition coefficient (Wildman–Crippen LogP) is 5.90. The molecule has 3 aromatic heterocycles. The van der Waals surface area contributed by atoms with E-state index in [1.54, 1.807) is 6.33 Å². The second kappa shape index (κ2) is 9.18. The first-order chi connectivity index (χ1) is 17.0. The van der Waals surface area contributed by atoms with Gasteiger partial charge in [0.15, 0.2) is 5.65 Å². The minimum Gasteiger partial charge on any atom is -0.313 e. The molecule has 5 rings (SSSR count). The fraction of sp³-hybridized carbons (Fsp3) is 0.552. The first-order valence-electron chi connectivity index (χ1n) is 13.3. The van der Waals surface area contributed by atoms with Crippen LogP contribution in [0, 0.1) is 19.3 Å². The Kier molecular flexibility index (Phi) is 6.31. The number of nitrogens with zero attached hydrogens (tertiary/aromatic N) is 4. The first-order valence-corrected chi connectivity index (χ1v) is 13.3. The summed E-state index contributed by atoms with van der Waals surface area (Å²) in [5, 5.41) is 8.14. The number of aromatic nitrogens is 5. The van der Waals surface area contributed by atoms with Gasteiger partial charge in [-0.05, 0) is 85.3 Å². The summed E-state index contributed by atoms with van der Waals surface area (Å²) in [6.07, 6.45) is 7.92. The molecule has 0 saturated heterocycles. The van der Waals surface area contributed by atoms with Crippen molar-refractivity contribution in [3.05, 3.63) is 51.8 Å². The van der Waals surface area contributed by atoms with E-state index in [0.29, 0.717) is 12.0 Å². The van der Waals surface area contributed by atoms with Crippen LogP contribution >= 0.6 is 0 Å². The molecule has 0 bridgehead atoms. The maximum atomic E-state index is 13.2. The molecule has 1 aliphatic carbocycles. The van der Waals surface area contributed by atoms with Crippen molar-refractivity contribution in [2.24, 2.45) is 5.41 Å². The summed E-state index contributed by atoms with van der Waals surface area (Å²) in [4.78, 5) is 20.8. The van der Waals surface area contributed by atoms with E-state index in [4.69, 9.17) is 0 Å². The van der Waals surface area contributed by atoms with Crippen molar-refractivity contribution in [1.29, 1.82) is 0 Å². The highest BCUT2D eigenvalue weighted by molar-refractivity contribution is 5.86. The van der Waals surface area contributed by atoms with Gasteiger partial charge in [0.1, 0.15) is 6.33 Å². The second-order valence-electron chi connectivity index (χ2n) is 12.2. The van der Waals surface area contributed by atoms with Gasteiger partial charge in [-0.1, -0.05) is 34.6 Å². The molecule has 7 nitrogen and oxygen atoms in total. The summed E-state index contributed by atoms with van der Waals surface area (Å²) >= 11 is 0. The molecule has 0 radical (unpaired) electrons. The van der Waals surface area contributed by atoms with Crippen LogP contribution in [0.25, 0.3) is 27.8 Å². The number of aromatic amines is 1. The molecule has 2 N–H and O–H groups in total. The van der Waals surface area contributed by atoms with Crippen molar-refractivity contribution in [2.45, 2.75) is 92.2 Å². The molecule has 4 aromatic rings. The minimum absolute atomic E-state index is 0.00240. The van der Waals surface area contributed by atoms with Crippen molar-refractivity contribution in [1.82, 2.24) is 29.5 Å². The van der Waals surface area contributed by atoms with Crippen LogP contribution in [0.2, 0.25) is 0 Å². The largest absolute Gasteiger partial charge is 0.326 e. The maximum absolute atomic E-state index is 13.2. The number of nitrogens with one attached hydrogen (secondary N) is 2. The highest BCUT2D eigenvalue weighted by Crippen LogP contribution is 2.37. The number of rotatable bonds is 5. The molecule has 1 fully saturated rings. The van der Waals surface area contributed by atoms with Crippen molar-refractivity contribution < 1.29 is 0 Å². The molecule has 1 aromatic carbocycles. The molecule has 0 atom stereocenters. The Morgan fingerprint density at radius 1 is 1.08 bits per heavy atom. The molecule has 36 heavy (non-hydrogen) atoms. The number of H-pyrrole nitrogens is 1. The zero-order valence-electron chi connectivity index (χ0n) is 22.8. The summed E-state index contributed by atoms with van der Waals surface area (Å²) in [6, 6.07) is 5.19. The van der Waals surface area contributed by atoms with E-state index in [1.807, 2.05) is 9.08 Å². The van der Waals surface area contributed by atoms with Gasteiger partial charge in [-0.2, -0.15) is 5.10 Å². The molecule has 1 aliphatic rings. The Morgan fingerprint density at radius 3 is 2.47 bits per heavy atom. The van der Waals surface area contributed by atoms with E-state index >= 15 is 0 Å². The van der Waals surface area contributed by atoms with Crippen LogP contribution in [-0.4, -0.2) is 36.7 Å². The van der Waals surface area contributed by atoms with Gasteiger partial charge in [-0.25, -0.2) is 14.3 Å². The lowest BCUT2D eigenvalue weighted by molar-refractivity contribution is 0.264. The molecule has 0 unspecified atom stereocenters. The number of benzene rings is 1. The van der Waals surface area contributed by atoms with Crippen molar-refractivity contribution in [3.8, 4) is 11.1 Å².